The largest absolute Gasteiger partial charge is 0.481 e. The SMILES string of the molecule is O=C(O)CCCCNC(=O)C1CC1CNC(=O)OCC1c2ccccc2-c2ccccc21. The first-order valence-electron chi connectivity index (χ1n) is 11.1. The van der Waals surface area contributed by atoms with Crippen molar-refractivity contribution in [1.29, 1.82) is 0 Å². The monoisotopic (exact) mass is 436 g/mol. The molecule has 7 nitrogen and oxygen atoms in total. The van der Waals surface area contributed by atoms with E-state index in [0.29, 0.717) is 25.9 Å². The number of carboxylic acids is 1. The Balaban J connectivity index is 1.18. The van der Waals surface area contributed by atoms with E-state index in [1.807, 2.05) is 24.3 Å². The third kappa shape index (κ3) is 5.10. The zero-order valence-electron chi connectivity index (χ0n) is 17.9. The quantitative estimate of drug-likeness (QED) is 0.494. The van der Waals surface area contributed by atoms with Crippen LogP contribution >= 0.6 is 0 Å². The molecular weight excluding hydrogens is 408 g/mol. The van der Waals surface area contributed by atoms with Gasteiger partial charge in [-0.05, 0) is 47.4 Å². The van der Waals surface area contributed by atoms with Gasteiger partial charge in [0.15, 0.2) is 0 Å². The Morgan fingerprint density at radius 2 is 1.59 bits per heavy atom. The summed E-state index contributed by atoms with van der Waals surface area (Å²) < 4.78 is 5.53. The summed E-state index contributed by atoms with van der Waals surface area (Å²) in [5, 5.41) is 14.2. The maximum absolute atomic E-state index is 12.2. The first kappa shape index (κ1) is 21.9. The number of hydrogen-bond donors (Lipinski definition) is 3. The minimum atomic E-state index is -0.821. The number of rotatable bonds is 10. The minimum absolute atomic E-state index is 0.0220. The van der Waals surface area contributed by atoms with Crippen molar-refractivity contribution < 1.29 is 24.2 Å². The van der Waals surface area contributed by atoms with Gasteiger partial charge in [-0.25, -0.2) is 4.79 Å². The van der Waals surface area contributed by atoms with Crippen molar-refractivity contribution in [3.63, 3.8) is 0 Å². The summed E-state index contributed by atoms with van der Waals surface area (Å²) in [6, 6.07) is 16.4. The van der Waals surface area contributed by atoms with Crippen LogP contribution in [-0.2, 0) is 14.3 Å². The van der Waals surface area contributed by atoms with Gasteiger partial charge in [0.25, 0.3) is 0 Å². The van der Waals surface area contributed by atoms with Crippen LogP contribution in [0.5, 0.6) is 0 Å². The lowest BCUT2D eigenvalue weighted by Gasteiger charge is -2.14. The predicted molar refractivity (Wildman–Crippen MR) is 119 cm³/mol. The number of ether oxygens (including phenoxy) is 1. The van der Waals surface area contributed by atoms with E-state index in [-0.39, 0.29) is 36.7 Å². The molecule has 1 saturated carbocycles. The van der Waals surface area contributed by atoms with Gasteiger partial charge in [0, 0.05) is 31.3 Å². The van der Waals surface area contributed by atoms with Crippen molar-refractivity contribution in [2.24, 2.45) is 11.8 Å². The van der Waals surface area contributed by atoms with Crippen molar-refractivity contribution >= 4 is 18.0 Å². The first-order valence-corrected chi connectivity index (χ1v) is 11.1. The number of carbonyl (C=O) groups excluding carboxylic acids is 2. The molecule has 32 heavy (non-hydrogen) atoms. The Morgan fingerprint density at radius 1 is 0.938 bits per heavy atom. The average molecular weight is 437 g/mol. The molecule has 3 N–H and O–H groups in total. The number of fused-ring (bicyclic) bond motifs is 3. The molecule has 0 heterocycles. The highest BCUT2D eigenvalue weighted by molar-refractivity contribution is 5.82. The number of nitrogens with one attached hydrogen (secondary N) is 2. The maximum atomic E-state index is 12.2. The number of unbranched alkanes of at least 4 members (excludes halogenated alkanes) is 1. The van der Waals surface area contributed by atoms with Gasteiger partial charge < -0.3 is 20.5 Å². The summed E-state index contributed by atoms with van der Waals surface area (Å²) in [6.07, 6.45) is 1.59. The lowest BCUT2D eigenvalue weighted by molar-refractivity contribution is -0.137. The van der Waals surface area contributed by atoms with Gasteiger partial charge in [-0.2, -0.15) is 0 Å². The van der Waals surface area contributed by atoms with Crippen LogP contribution in [0.25, 0.3) is 11.1 Å². The fourth-order valence-corrected chi connectivity index (χ4v) is 4.40. The Kier molecular flexibility index (Phi) is 6.73. The predicted octanol–water partition coefficient (Wildman–Crippen LogP) is 3.53. The fraction of sp³-hybridized carbons (Fsp3) is 0.400. The topological polar surface area (TPSA) is 105 Å². The molecule has 2 amide bonds. The number of amides is 2. The van der Waals surface area contributed by atoms with Crippen LogP contribution in [0.15, 0.2) is 48.5 Å². The summed E-state index contributed by atoms with van der Waals surface area (Å²) in [4.78, 5) is 34.9. The lowest BCUT2D eigenvalue weighted by atomic mass is 9.98. The van der Waals surface area contributed by atoms with E-state index >= 15 is 0 Å². The van der Waals surface area contributed by atoms with Gasteiger partial charge in [0.2, 0.25) is 5.91 Å². The highest BCUT2D eigenvalue weighted by Gasteiger charge is 2.42. The highest BCUT2D eigenvalue weighted by atomic mass is 16.5. The van der Waals surface area contributed by atoms with E-state index in [4.69, 9.17) is 9.84 Å². The van der Waals surface area contributed by atoms with Gasteiger partial charge in [0.1, 0.15) is 6.61 Å². The molecule has 2 aliphatic carbocycles. The zero-order chi connectivity index (χ0) is 22.5. The van der Waals surface area contributed by atoms with Crippen LogP contribution in [0, 0.1) is 11.8 Å². The van der Waals surface area contributed by atoms with Crippen molar-refractivity contribution in [3.05, 3.63) is 59.7 Å². The summed E-state index contributed by atoms with van der Waals surface area (Å²) in [7, 11) is 0. The molecule has 0 saturated heterocycles. The van der Waals surface area contributed by atoms with Crippen LogP contribution in [0.3, 0.4) is 0 Å². The minimum Gasteiger partial charge on any atom is -0.481 e. The molecule has 168 valence electrons. The van der Waals surface area contributed by atoms with E-state index in [0.717, 1.165) is 6.42 Å². The molecule has 2 aliphatic rings. The third-order valence-electron chi connectivity index (χ3n) is 6.23. The molecule has 1 fully saturated rings. The molecule has 0 spiro atoms. The first-order chi connectivity index (χ1) is 15.5. The number of carbonyl (C=O) groups is 3. The maximum Gasteiger partial charge on any atom is 0.407 e. The van der Waals surface area contributed by atoms with E-state index < -0.39 is 12.1 Å². The molecule has 0 radical (unpaired) electrons. The Labute approximate surface area is 187 Å². The van der Waals surface area contributed by atoms with Crippen LogP contribution in [0.1, 0.15) is 42.7 Å². The smallest absolute Gasteiger partial charge is 0.407 e. The standard InChI is InChI=1S/C25H28N2O5/c28-23(29)11-5-6-12-26-24(30)21-13-16(21)14-27-25(31)32-15-22-19-9-3-1-7-17(19)18-8-2-4-10-20(18)22/h1-4,7-10,16,21-22H,5-6,11-15H2,(H,26,30)(H,27,31)(H,28,29). The summed E-state index contributed by atoms with van der Waals surface area (Å²) >= 11 is 0. The molecule has 2 aromatic carbocycles. The van der Waals surface area contributed by atoms with Crippen molar-refractivity contribution in [1.82, 2.24) is 10.6 Å². The number of carboxylic acid groups (broad SMARTS) is 1. The molecule has 2 atom stereocenters. The lowest BCUT2D eigenvalue weighted by Crippen LogP contribution is -2.30. The number of alkyl carbamates (subject to hydrolysis) is 1. The molecule has 2 aromatic rings. The van der Waals surface area contributed by atoms with Gasteiger partial charge in [-0.15, -0.1) is 0 Å². The van der Waals surface area contributed by atoms with E-state index in [1.54, 1.807) is 0 Å². The summed E-state index contributed by atoms with van der Waals surface area (Å²) in [6.45, 7) is 1.16. The van der Waals surface area contributed by atoms with E-state index in [1.165, 1.54) is 22.3 Å². The molecule has 0 aliphatic heterocycles. The Hall–Kier alpha value is -3.35. The van der Waals surface area contributed by atoms with Crippen LogP contribution in [0.4, 0.5) is 4.79 Å². The second-order valence-corrected chi connectivity index (χ2v) is 8.45. The van der Waals surface area contributed by atoms with Gasteiger partial charge >= 0.3 is 12.1 Å². The van der Waals surface area contributed by atoms with E-state index in [2.05, 4.69) is 34.9 Å². The zero-order valence-corrected chi connectivity index (χ0v) is 17.9. The number of benzene rings is 2. The van der Waals surface area contributed by atoms with Crippen molar-refractivity contribution in [2.75, 3.05) is 19.7 Å². The molecular formula is C25H28N2O5. The highest BCUT2D eigenvalue weighted by Crippen LogP contribution is 2.44. The summed E-state index contributed by atoms with van der Waals surface area (Å²) in [5.74, 6) is -0.802. The third-order valence-corrected chi connectivity index (χ3v) is 6.23. The Bertz CT molecular complexity index is 960. The summed E-state index contributed by atoms with van der Waals surface area (Å²) in [5.41, 5.74) is 4.71. The van der Waals surface area contributed by atoms with Crippen LogP contribution < -0.4 is 10.6 Å². The van der Waals surface area contributed by atoms with E-state index in [9.17, 15) is 14.4 Å². The second kappa shape index (κ2) is 9.85. The van der Waals surface area contributed by atoms with Gasteiger partial charge in [0.05, 0.1) is 0 Å². The molecule has 2 unspecified atom stereocenters. The van der Waals surface area contributed by atoms with Gasteiger partial charge in [-0.3, -0.25) is 9.59 Å². The normalized spacial score (nSPS) is 18.4. The van der Waals surface area contributed by atoms with Crippen LogP contribution in [0.2, 0.25) is 0 Å². The molecule has 7 heteroatoms. The average Bonchev–Trinajstić information content (AvgIpc) is 3.51. The van der Waals surface area contributed by atoms with Crippen molar-refractivity contribution in [3.8, 4) is 11.1 Å². The molecule has 0 bridgehead atoms. The van der Waals surface area contributed by atoms with Gasteiger partial charge in [-0.1, -0.05) is 48.5 Å². The van der Waals surface area contributed by atoms with Crippen LogP contribution in [-0.4, -0.2) is 42.8 Å². The molecule has 4 rings (SSSR count). The molecule has 0 aromatic heterocycles. The number of hydrogen-bond acceptors (Lipinski definition) is 4. The van der Waals surface area contributed by atoms with Crippen molar-refractivity contribution in [2.45, 2.75) is 31.6 Å². The second-order valence-electron chi connectivity index (χ2n) is 8.45. The fourth-order valence-electron chi connectivity index (χ4n) is 4.40. The number of aliphatic carboxylic acids is 1. The Morgan fingerprint density at radius 3 is 2.25 bits per heavy atom.